The van der Waals surface area contributed by atoms with Crippen LogP contribution in [0.15, 0.2) is 0 Å². The van der Waals surface area contributed by atoms with Gasteiger partial charge in [0.15, 0.2) is 0 Å². The summed E-state index contributed by atoms with van der Waals surface area (Å²) in [5, 5.41) is 3.44. The van der Waals surface area contributed by atoms with Crippen LogP contribution in [0.5, 0.6) is 0 Å². The molecule has 0 amide bonds. The van der Waals surface area contributed by atoms with Crippen molar-refractivity contribution in [2.24, 2.45) is 5.92 Å². The Balaban J connectivity index is 1.76. The van der Waals surface area contributed by atoms with Crippen LogP contribution in [0.4, 0.5) is 0 Å². The lowest BCUT2D eigenvalue weighted by Gasteiger charge is -2.36. The summed E-state index contributed by atoms with van der Waals surface area (Å²) in [4.78, 5) is 17.0. The number of esters is 1. The van der Waals surface area contributed by atoms with Gasteiger partial charge in [-0.1, -0.05) is 13.8 Å². The molecule has 2 fully saturated rings. The molecule has 1 saturated carbocycles. The molecule has 1 N–H and O–H groups in total. The van der Waals surface area contributed by atoms with E-state index in [9.17, 15) is 4.79 Å². The zero-order chi connectivity index (χ0) is 15.2. The molecule has 2 rings (SSSR count). The van der Waals surface area contributed by atoms with Gasteiger partial charge in [0.25, 0.3) is 0 Å². The first-order valence-corrected chi connectivity index (χ1v) is 8.46. The molecule has 0 spiro atoms. The highest BCUT2D eigenvalue weighted by molar-refractivity contribution is 5.76. The van der Waals surface area contributed by atoms with Crippen molar-refractivity contribution in [1.29, 1.82) is 0 Å². The number of nitrogens with one attached hydrogen (secondary N) is 1. The maximum Gasteiger partial charge on any atom is 0.324 e. The quantitative estimate of drug-likeness (QED) is 0.676. The van der Waals surface area contributed by atoms with Gasteiger partial charge >= 0.3 is 5.97 Å². The van der Waals surface area contributed by atoms with Crippen molar-refractivity contribution in [3.63, 3.8) is 0 Å². The number of piperazine rings is 1. The smallest absolute Gasteiger partial charge is 0.324 e. The van der Waals surface area contributed by atoms with Gasteiger partial charge in [0, 0.05) is 45.3 Å². The number of carbonyl (C=O) groups is 1. The molecule has 2 aliphatic rings. The van der Waals surface area contributed by atoms with E-state index in [1.54, 1.807) is 0 Å². The van der Waals surface area contributed by atoms with Gasteiger partial charge in [-0.15, -0.1) is 0 Å². The van der Waals surface area contributed by atoms with Crippen LogP contribution < -0.4 is 5.32 Å². The van der Waals surface area contributed by atoms with Crippen LogP contribution in [0.1, 0.15) is 33.6 Å². The second-order valence-corrected chi connectivity index (χ2v) is 6.74. The van der Waals surface area contributed by atoms with Crippen molar-refractivity contribution in [3.8, 4) is 0 Å². The molecule has 5 heteroatoms. The summed E-state index contributed by atoms with van der Waals surface area (Å²) in [6, 6.07) is 0.371. The molecule has 1 saturated heterocycles. The highest BCUT2D eigenvalue weighted by Gasteiger charge is 2.31. The standard InChI is InChI=1S/C16H31N3O2/c1-4-21-16(20)15(17-14-5-6-14)12-19-9-7-18(8-10-19)11-13(2)3/h13-15,17H,4-12H2,1-3H3. The van der Waals surface area contributed by atoms with Gasteiger partial charge < -0.3 is 15.0 Å². The molecule has 1 aliphatic heterocycles. The van der Waals surface area contributed by atoms with E-state index < -0.39 is 0 Å². The lowest BCUT2D eigenvalue weighted by molar-refractivity contribution is -0.146. The fraction of sp³-hybridized carbons (Fsp3) is 0.938. The number of nitrogens with zero attached hydrogens (tertiary/aromatic N) is 2. The highest BCUT2D eigenvalue weighted by Crippen LogP contribution is 2.20. The van der Waals surface area contributed by atoms with Crippen LogP contribution in [0.3, 0.4) is 0 Å². The minimum absolute atomic E-state index is 0.0889. The van der Waals surface area contributed by atoms with E-state index in [0.717, 1.165) is 38.6 Å². The van der Waals surface area contributed by atoms with Crippen molar-refractivity contribution in [1.82, 2.24) is 15.1 Å². The zero-order valence-electron chi connectivity index (χ0n) is 13.8. The zero-order valence-corrected chi connectivity index (χ0v) is 13.8. The Morgan fingerprint density at radius 2 is 1.71 bits per heavy atom. The van der Waals surface area contributed by atoms with E-state index in [0.29, 0.717) is 12.6 Å². The third kappa shape index (κ3) is 5.93. The molecule has 0 aromatic heterocycles. The van der Waals surface area contributed by atoms with Crippen molar-refractivity contribution < 1.29 is 9.53 Å². The summed E-state index contributed by atoms with van der Waals surface area (Å²) in [7, 11) is 0. The normalized spacial score (nSPS) is 22.5. The summed E-state index contributed by atoms with van der Waals surface area (Å²) >= 11 is 0. The van der Waals surface area contributed by atoms with Gasteiger partial charge in [0.2, 0.25) is 0 Å². The molecule has 0 bridgehead atoms. The van der Waals surface area contributed by atoms with Crippen LogP contribution in [-0.2, 0) is 9.53 Å². The van der Waals surface area contributed by atoms with Gasteiger partial charge in [-0.2, -0.15) is 0 Å². The summed E-state index contributed by atoms with van der Waals surface area (Å²) < 4.78 is 5.21. The number of carbonyl (C=O) groups excluding carboxylic acids is 1. The molecule has 1 aliphatic carbocycles. The third-order valence-corrected chi connectivity index (χ3v) is 4.11. The second kappa shape index (κ2) is 8.11. The Bertz CT molecular complexity index is 323. The number of hydrogen-bond donors (Lipinski definition) is 1. The maximum absolute atomic E-state index is 12.1. The molecule has 21 heavy (non-hydrogen) atoms. The predicted octanol–water partition coefficient (Wildman–Crippen LogP) is 0.944. The molecule has 0 radical (unpaired) electrons. The van der Waals surface area contributed by atoms with E-state index >= 15 is 0 Å². The van der Waals surface area contributed by atoms with Gasteiger partial charge in [-0.05, 0) is 25.7 Å². The molecule has 5 nitrogen and oxygen atoms in total. The number of hydrogen-bond acceptors (Lipinski definition) is 5. The van der Waals surface area contributed by atoms with Crippen molar-refractivity contribution in [2.45, 2.75) is 45.7 Å². The molecular weight excluding hydrogens is 266 g/mol. The number of ether oxygens (including phenoxy) is 1. The molecule has 0 aromatic rings. The van der Waals surface area contributed by atoms with Crippen molar-refractivity contribution in [2.75, 3.05) is 45.9 Å². The first kappa shape index (κ1) is 16.7. The van der Waals surface area contributed by atoms with E-state index in [1.807, 2.05) is 6.92 Å². The summed E-state index contributed by atoms with van der Waals surface area (Å²) in [5.41, 5.74) is 0. The van der Waals surface area contributed by atoms with E-state index in [4.69, 9.17) is 4.74 Å². The lowest BCUT2D eigenvalue weighted by Crippen LogP contribution is -2.53. The Morgan fingerprint density at radius 3 is 2.19 bits per heavy atom. The molecule has 1 unspecified atom stereocenters. The van der Waals surface area contributed by atoms with Crippen molar-refractivity contribution in [3.05, 3.63) is 0 Å². The fourth-order valence-electron chi connectivity index (χ4n) is 2.90. The summed E-state index contributed by atoms with van der Waals surface area (Å²) in [6.45, 7) is 13.1. The van der Waals surface area contributed by atoms with E-state index in [-0.39, 0.29) is 12.0 Å². The fourth-order valence-corrected chi connectivity index (χ4v) is 2.90. The van der Waals surface area contributed by atoms with Gasteiger partial charge in [0.05, 0.1) is 6.61 Å². The molecule has 1 heterocycles. The Morgan fingerprint density at radius 1 is 1.14 bits per heavy atom. The third-order valence-electron chi connectivity index (χ3n) is 4.11. The number of rotatable bonds is 8. The minimum atomic E-state index is -0.158. The first-order chi connectivity index (χ1) is 10.1. The average molecular weight is 297 g/mol. The Hall–Kier alpha value is -0.650. The largest absolute Gasteiger partial charge is 0.465 e. The van der Waals surface area contributed by atoms with Crippen LogP contribution in [0.25, 0.3) is 0 Å². The Labute approximate surface area is 129 Å². The average Bonchev–Trinajstić information content (AvgIpc) is 3.24. The molecule has 1 atom stereocenters. The van der Waals surface area contributed by atoms with E-state index in [1.165, 1.54) is 19.4 Å². The van der Waals surface area contributed by atoms with Gasteiger partial charge in [0.1, 0.15) is 6.04 Å². The van der Waals surface area contributed by atoms with E-state index in [2.05, 4.69) is 29.0 Å². The van der Waals surface area contributed by atoms with Crippen molar-refractivity contribution >= 4 is 5.97 Å². The van der Waals surface area contributed by atoms with Crippen LogP contribution in [0.2, 0.25) is 0 Å². The Kier molecular flexibility index (Phi) is 6.45. The topological polar surface area (TPSA) is 44.8 Å². The van der Waals surface area contributed by atoms with Crippen LogP contribution in [-0.4, -0.2) is 73.7 Å². The highest BCUT2D eigenvalue weighted by atomic mass is 16.5. The van der Waals surface area contributed by atoms with Crippen LogP contribution >= 0.6 is 0 Å². The monoisotopic (exact) mass is 297 g/mol. The molecule has 122 valence electrons. The van der Waals surface area contributed by atoms with Crippen LogP contribution in [0, 0.1) is 5.92 Å². The summed E-state index contributed by atoms with van der Waals surface area (Å²) in [5.74, 6) is 0.634. The lowest BCUT2D eigenvalue weighted by atomic mass is 10.2. The minimum Gasteiger partial charge on any atom is -0.465 e. The summed E-state index contributed by atoms with van der Waals surface area (Å²) in [6.07, 6.45) is 2.39. The van der Waals surface area contributed by atoms with Gasteiger partial charge in [-0.25, -0.2) is 0 Å². The van der Waals surface area contributed by atoms with Gasteiger partial charge in [-0.3, -0.25) is 9.69 Å². The molecule has 0 aromatic carbocycles. The first-order valence-electron chi connectivity index (χ1n) is 8.46. The predicted molar refractivity (Wildman–Crippen MR) is 84.3 cm³/mol. The molecular formula is C16H31N3O2. The second-order valence-electron chi connectivity index (χ2n) is 6.74. The maximum atomic E-state index is 12.1. The SMILES string of the molecule is CCOC(=O)C(CN1CCN(CC(C)C)CC1)NC1CC1.